The summed E-state index contributed by atoms with van der Waals surface area (Å²) in [6.07, 6.45) is -0.0349. The highest BCUT2D eigenvalue weighted by atomic mass is 15.4. The van der Waals surface area contributed by atoms with Crippen molar-refractivity contribution in [2.75, 3.05) is 4.90 Å². The Kier molecular flexibility index (Phi) is 6.03. The third-order valence-corrected chi connectivity index (χ3v) is 5.26. The number of benzene rings is 4. The highest BCUT2D eigenvalue weighted by Crippen LogP contribution is 2.32. The van der Waals surface area contributed by atoms with Gasteiger partial charge in [0.1, 0.15) is 6.29 Å². The molecule has 3 nitrogen and oxygen atoms in total. The van der Waals surface area contributed by atoms with Gasteiger partial charge in [-0.05, 0) is 73.5 Å². The van der Waals surface area contributed by atoms with Crippen molar-refractivity contribution in [3.63, 3.8) is 0 Å². The molecule has 0 atom stereocenters. The van der Waals surface area contributed by atoms with Crippen LogP contribution in [0, 0.1) is 0 Å². The summed E-state index contributed by atoms with van der Waals surface area (Å²) in [5.41, 5.74) is 2.32. The summed E-state index contributed by atoms with van der Waals surface area (Å²) in [7, 11) is 0. The molecule has 0 aliphatic heterocycles. The zero-order valence-corrected chi connectivity index (χ0v) is 18.3. The van der Waals surface area contributed by atoms with Crippen molar-refractivity contribution in [2.45, 2.75) is 46.1 Å². The molecule has 0 aliphatic carbocycles. The number of anilines is 2. The van der Waals surface area contributed by atoms with Gasteiger partial charge >= 0.3 is 0 Å². The number of nitrogens with zero attached hydrogens (tertiary/aromatic N) is 1. The third kappa shape index (κ3) is 4.48. The Bertz CT molecular complexity index is 1040. The molecule has 0 amide bonds. The number of hydrogen-bond acceptors (Lipinski definition) is 3. The minimum absolute atomic E-state index is 0.0349. The Labute approximate surface area is 179 Å². The second-order valence-corrected chi connectivity index (χ2v) is 8.48. The highest BCUT2D eigenvalue weighted by molar-refractivity contribution is 5.89. The van der Waals surface area contributed by atoms with Crippen LogP contribution in [0.4, 0.5) is 11.4 Å². The lowest BCUT2D eigenvalue weighted by molar-refractivity contribution is 0.370. The van der Waals surface area contributed by atoms with Crippen LogP contribution in [-0.2, 0) is 0 Å². The van der Waals surface area contributed by atoms with Gasteiger partial charge in [-0.15, -0.1) is 0 Å². The molecule has 154 valence electrons. The van der Waals surface area contributed by atoms with Crippen LogP contribution in [0.3, 0.4) is 0 Å². The summed E-state index contributed by atoms with van der Waals surface area (Å²) in [6.45, 7) is 8.75. The van der Waals surface area contributed by atoms with E-state index in [1.807, 2.05) is 0 Å². The maximum absolute atomic E-state index is 3.72. The molecule has 3 heteroatoms. The summed E-state index contributed by atoms with van der Waals surface area (Å²) in [4.78, 5) is 2.37. The van der Waals surface area contributed by atoms with Gasteiger partial charge in [0.25, 0.3) is 0 Å². The smallest absolute Gasteiger partial charge is 0.139 e. The molecule has 4 rings (SSSR count). The molecule has 0 fully saturated rings. The first kappa shape index (κ1) is 20.4. The lowest BCUT2D eigenvalue weighted by Crippen LogP contribution is -2.57. The SMILES string of the molecule is CC(C)NC(NC(C)C)N(c1ccc2ccccc2c1)c1ccc2ccccc2c1. The second kappa shape index (κ2) is 8.86. The summed E-state index contributed by atoms with van der Waals surface area (Å²) >= 11 is 0. The molecular formula is C27H31N3. The van der Waals surface area contributed by atoms with Gasteiger partial charge in [-0.3, -0.25) is 10.6 Å². The molecule has 4 aromatic rings. The summed E-state index contributed by atoms with van der Waals surface area (Å²) in [6, 6.07) is 31.1. The van der Waals surface area contributed by atoms with Crippen molar-refractivity contribution in [2.24, 2.45) is 0 Å². The van der Waals surface area contributed by atoms with Crippen LogP contribution < -0.4 is 15.5 Å². The van der Waals surface area contributed by atoms with Crippen LogP contribution in [0.1, 0.15) is 27.7 Å². The zero-order valence-electron chi connectivity index (χ0n) is 18.3. The molecular weight excluding hydrogens is 366 g/mol. The fourth-order valence-corrected chi connectivity index (χ4v) is 3.93. The van der Waals surface area contributed by atoms with E-state index in [1.165, 1.54) is 21.5 Å². The van der Waals surface area contributed by atoms with Gasteiger partial charge in [0, 0.05) is 23.5 Å². The average molecular weight is 398 g/mol. The lowest BCUT2D eigenvalue weighted by atomic mass is 10.1. The van der Waals surface area contributed by atoms with Crippen molar-refractivity contribution in [3.8, 4) is 0 Å². The van der Waals surface area contributed by atoms with E-state index in [9.17, 15) is 0 Å². The van der Waals surface area contributed by atoms with Gasteiger partial charge in [0.05, 0.1) is 0 Å². The van der Waals surface area contributed by atoms with Crippen LogP contribution in [-0.4, -0.2) is 18.4 Å². The van der Waals surface area contributed by atoms with Gasteiger partial charge in [0.2, 0.25) is 0 Å². The third-order valence-electron chi connectivity index (χ3n) is 5.26. The Hall–Kier alpha value is -2.88. The van der Waals surface area contributed by atoms with Crippen LogP contribution >= 0.6 is 0 Å². The van der Waals surface area contributed by atoms with E-state index in [0.717, 1.165) is 11.4 Å². The average Bonchev–Trinajstić information content (AvgIpc) is 2.73. The van der Waals surface area contributed by atoms with Crippen molar-refractivity contribution in [1.82, 2.24) is 10.6 Å². The summed E-state index contributed by atoms with van der Waals surface area (Å²) < 4.78 is 0. The van der Waals surface area contributed by atoms with Crippen LogP contribution in [0.2, 0.25) is 0 Å². The fourth-order valence-electron chi connectivity index (χ4n) is 3.93. The van der Waals surface area contributed by atoms with Crippen molar-refractivity contribution < 1.29 is 0 Å². The maximum atomic E-state index is 3.72. The fraction of sp³-hybridized carbons (Fsp3) is 0.259. The van der Waals surface area contributed by atoms with E-state index in [2.05, 4.69) is 128 Å². The number of hydrogen-bond donors (Lipinski definition) is 2. The van der Waals surface area contributed by atoms with Crippen molar-refractivity contribution in [3.05, 3.63) is 84.9 Å². The quantitative estimate of drug-likeness (QED) is 0.353. The van der Waals surface area contributed by atoms with E-state index in [4.69, 9.17) is 0 Å². The van der Waals surface area contributed by atoms with Gasteiger partial charge in [-0.2, -0.15) is 0 Å². The second-order valence-electron chi connectivity index (χ2n) is 8.48. The van der Waals surface area contributed by atoms with Crippen LogP contribution in [0.5, 0.6) is 0 Å². The first-order valence-electron chi connectivity index (χ1n) is 10.8. The Morgan fingerprint density at radius 3 is 1.33 bits per heavy atom. The predicted molar refractivity (Wildman–Crippen MR) is 130 cm³/mol. The molecule has 0 spiro atoms. The molecule has 0 saturated carbocycles. The minimum atomic E-state index is -0.0349. The van der Waals surface area contributed by atoms with E-state index in [1.54, 1.807) is 0 Å². The van der Waals surface area contributed by atoms with Gasteiger partial charge in [-0.1, -0.05) is 60.7 Å². The van der Waals surface area contributed by atoms with Crippen molar-refractivity contribution in [1.29, 1.82) is 0 Å². The lowest BCUT2D eigenvalue weighted by Gasteiger charge is -2.37. The molecule has 0 radical (unpaired) electrons. The number of rotatable bonds is 7. The first-order chi connectivity index (χ1) is 14.5. The van der Waals surface area contributed by atoms with E-state index < -0.39 is 0 Å². The monoisotopic (exact) mass is 397 g/mol. The van der Waals surface area contributed by atoms with Gasteiger partial charge in [-0.25, -0.2) is 0 Å². The topological polar surface area (TPSA) is 27.3 Å². The standard InChI is InChI=1S/C27H31N3/c1-19(2)28-27(29-20(3)4)30(25-15-13-21-9-5-7-11-23(21)17-25)26-16-14-22-10-6-8-12-24(22)18-26/h5-20,27-29H,1-4H3. The Morgan fingerprint density at radius 2 is 0.933 bits per heavy atom. The normalized spacial score (nSPS) is 11.8. The Morgan fingerprint density at radius 1 is 0.533 bits per heavy atom. The van der Waals surface area contributed by atoms with Gasteiger partial charge < -0.3 is 4.90 Å². The molecule has 0 bridgehead atoms. The molecule has 4 aromatic carbocycles. The summed E-state index contributed by atoms with van der Waals surface area (Å²) in [5.74, 6) is 0. The first-order valence-corrected chi connectivity index (χ1v) is 10.8. The van der Waals surface area contributed by atoms with Crippen LogP contribution in [0.15, 0.2) is 84.9 Å². The molecule has 0 aliphatic rings. The molecule has 30 heavy (non-hydrogen) atoms. The summed E-state index contributed by atoms with van der Waals surface area (Å²) in [5, 5.41) is 12.4. The maximum Gasteiger partial charge on any atom is 0.139 e. The highest BCUT2D eigenvalue weighted by Gasteiger charge is 2.22. The van der Waals surface area contributed by atoms with Crippen LogP contribution in [0.25, 0.3) is 21.5 Å². The van der Waals surface area contributed by atoms with E-state index in [-0.39, 0.29) is 6.29 Å². The number of nitrogens with one attached hydrogen (secondary N) is 2. The molecule has 0 saturated heterocycles. The predicted octanol–water partition coefficient (Wildman–Crippen LogP) is 6.41. The largest absolute Gasteiger partial charge is 0.313 e. The molecule has 0 unspecified atom stereocenters. The van der Waals surface area contributed by atoms with E-state index >= 15 is 0 Å². The number of fused-ring (bicyclic) bond motifs is 2. The molecule has 0 aromatic heterocycles. The minimum Gasteiger partial charge on any atom is -0.313 e. The molecule has 2 N–H and O–H groups in total. The van der Waals surface area contributed by atoms with Gasteiger partial charge in [0.15, 0.2) is 0 Å². The van der Waals surface area contributed by atoms with Crippen molar-refractivity contribution >= 4 is 32.9 Å². The molecule has 0 heterocycles. The zero-order chi connectivity index (χ0) is 21.1. The van der Waals surface area contributed by atoms with E-state index in [0.29, 0.717) is 12.1 Å². The Balaban J connectivity index is 1.87.